The quantitative estimate of drug-likeness (QED) is 0.607. The van der Waals surface area contributed by atoms with Gasteiger partial charge in [-0.05, 0) is 44.7 Å². The number of hydrogen-bond acceptors (Lipinski definition) is 6. The summed E-state index contributed by atoms with van der Waals surface area (Å²) < 4.78 is 32.0. The molecule has 1 saturated carbocycles. The van der Waals surface area contributed by atoms with Gasteiger partial charge in [-0.3, -0.25) is 14.6 Å². The molecule has 0 bridgehead atoms. The molecule has 0 N–H and O–H groups in total. The molecule has 0 unspecified atom stereocenters. The van der Waals surface area contributed by atoms with Crippen LogP contribution in [0.3, 0.4) is 0 Å². The maximum absolute atomic E-state index is 12.7. The number of carbonyl (C=O) groups is 2. The first-order valence-corrected chi connectivity index (χ1v) is 12.2. The van der Waals surface area contributed by atoms with Crippen LogP contribution in [0.5, 0.6) is 0 Å². The number of hydrogen-bond donors (Lipinski definition) is 0. The molecule has 1 saturated heterocycles. The fraction of sp³-hybridized carbons (Fsp3) is 0.667. The van der Waals surface area contributed by atoms with Gasteiger partial charge in [0.1, 0.15) is 4.90 Å². The Morgan fingerprint density at radius 1 is 1.17 bits per heavy atom. The van der Waals surface area contributed by atoms with E-state index in [1.807, 2.05) is 11.8 Å². The largest absolute Gasteiger partial charge is 0.455 e. The van der Waals surface area contributed by atoms with E-state index in [-0.39, 0.29) is 42.5 Å². The molecule has 2 heterocycles. The maximum Gasteiger partial charge on any atom is 0.309 e. The van der Waals surface area contributed by atoms with Gasteiger partial charge in [0.05, 0.1) is 5.92 Å². The Morgan fingerprint density at radius 3 is 2.47 bits per heavy atom. The minimum atomic E-state index is -3.61. The summed E-state index contributed by atoms with van der Waals surface area (Å²) >= 11 is 0. The van der Waals surface area contributed by atoms with Gasteiger partial charge in [0.15, 0.2) is 6.61 Å². The molecule has 1 aromatic heterocycles. The summed E-state index contributed by atoms with van der Waals surface area (Å²) in [4.78, 5) is 30.9. The van der Waals surface area contributed by atoms with E-state index in [1.54, 1.807) is 6.07 Å². The molecule has 0 radical (unpaired) electrons. The van der Waals surface area contributed by atoms with Crippen LogP contribution in [0.4, 0.5) is 0 Å². The van der Waals surface area contributed by atoms with E-state index in [1.165, 1.54) is 29.2 Å². The van der Waals surface area contributed by atoms with Crippen LogP contribution in [0.2, 0.25) is 0 Å². The van der Waals surface area contributed by atoms with Crippen LogP contribution in [0.1, 0.15) is 51.9 Å². The van der Waals surface area contributed by atoms with Gasteiger partial charge in [0.25, 0.3) is 5.91 Å². The molecular formula is C21H31N3O5S. The van der Waals surface area contributed by atoms with Crippen molar-refractivity contribution in [2.45, 2.75) is 62.8 Å². The smallest absolute Gasteiger partial charge is 0.309 e. The summed E-state index contributed by atoms with van der Waals surface area (Å²) in [6, 6.07) is 3.34. The van der Waals surface area contributed by atoms with Gasteiger partial charge < -0.3 is 9.64 Å². The molecule has 166 valence electrons. The van der Waals surface area contributed by atoms with Gasteiger partial charge in [0, 0.05) is 38.1 Å². The van der Waals surface area contributed by atoms with Crippen LogP contribution in [-0.2, 0) is 24.3 Å². The SMILES string of the molecule is CCN(C(=O)COC(=O)C1CCN(S(=O)(=O)c2cccnc2)CC1)C1CCCCC1. The summed E-state index contributed by atoms with van der Waals surface area (Å²) in [7, 11) is -3.61. The summed E-state index contributed by atoms with van der Waals surface area (Å²) in [6.45, 7) is 2.82. The van der Waals surface area contributed by atoms with Crippen molar-refractivity contribution in [3.05, 3.63) is 24.5 Å². The van der Waals surface area contributed by atoms with E-state index in [4.69, 9.17) is 4.74 Å². The highest BCUT2D eigenvalue weighted by atomic mass is 32.2. The van der Waals surface area contributed by atoms with Crippen molar-refractivity contribution in [3.8, 4) is 0 Å². The minimum Gasteiger partial charge on any atom is -0.455 e. The van der Waals surface area contributed by atoms with Crippen LogP contribution in [0.25, 0.3) is 0 Å². The second kappa shape index (κ2) is 10.3. The first-order valence-electron chi connectivity index (χ1n) is 10.8. The zero-order valence-corrected chi connectivity index (χ0v) is 18.3. The number of amides is 1. The summed E-state index contributed by atoms with van der Waals surface area (Å²) in [5, 5.41) is 0. The van der Waals surface area contributed by atoms with Crippen LogP contribution in [0.15, 0.2) is 29.4 Å². The number of rotatable bonds is 7. The molecule has 2 aliphatic rings. The molecular weight excluding hydrogens is 406 g/mol. The van der Waals surface area contributed by atoms with Gasteiger partial charge in [-0.2, -0.15) is 4.31 Å². The minimum absolute atomic E-state index is 0.144. The third kappa shape index (κ3) is 5.37. The maximum atomic E-state index is 12.7. The van der Waals surface area contributed by atoms with E-state index in [9.17, 15) is 18.0 Å². The fourth-order valence-corrected chi connectivity index (χ4v) is 5.78. The Morgan fingerprint density at radius 2 is 1.87 bits per heavy atom. The summed E-state index contributed by atoms with van der Waals surface area (Å²) in [6.07, 6.45) is 9.12. The fourth-order valence-electron chi connectivity index (χ4n) is 4.35. The first-order chi connectivity index (χ1) is 14.4. The molecule has 2 fully saturated rings. The van der Waals surface area contributed by atoms with Crippen LogP contribution in [0, 0.1) is 5.92 Å². The van der Waals surface area contributed by atoms with Crippen molar-refractivity contribution >= 4 is 21.9 Å². The lowest BCUT2D eigenvalue weighted by molar-refractivity contribution is -0.157. The van der Waals surface area contributed by atoms with E-state index in [2.05, 4.69) is 4.98 Å². The molecule has 3 rings (SSSR count). The molecule has 9 heteroatoms. The lowest BCUT2D eigenvalue weighted by Crippen LogP contribution is -2.44. The Labute approximate surface area is 178 Å². The predicted octanol–water partition coefficient (Wildman–Crippen LogP) is 2.21. The third-order valence-electron chi connectivity index (χ3n) is 6.07. The predicted molar refractivity (Wildman–Crippen MR) is 111 cm³/mol. The number of piperidine rings is 1. The second-order valence-electron chi connectivity index (χ2n) is 7.95. The highest BCUT2D eigenvalue weighted by Gasteiger charge is 2.33. The zero-order chi connectivity index (χ0) is 21.6. The molecule has 8 nitrogen and oxygen atoms in total. The van der Waals surface area contributed by atoms with E-state index >= 15 is 0 Å². The molecule has 1 aliphatic heterocycles. The van der Waals surface area contributed by atoms with Crippen molar-refractivity contribution in [1.82, 2.24) is 14.2 Å². The van der Waals surface area contributed by atoms with Crippen molar-refractivity contribution in [3.63, 3.8) is 0 Å². The second-order valence-corrected chi connectivity index (χ2v) is 9.88. The van der Waals surface area contributed by atoms with Crippen molar-refractivity contribution < 1.29 is 22.7 Å². The van der Waals surface area contributed by atoms with E-state index in [0.29, 0.717) is 19.4 Å². The normalized spacial score (nSPS) is 19.4. The molecule has 1 aromatic rings. The van der Waals surface area contributed by atoms with Crippen LogP contribution >= 0.6 is 0 Å². The summed E-state index contributed by atoms with van der Waals surface area (Å²) in [5.41, 5.74) is 0. The monoisotopic (exact) mass is 437 g/mol. The Balaban J connectivity index is 1.47. The van der Waals surface area contributed by atoms with Gasteiger partial charge >= 0.3 is 5.97 Å². The first kappa shape index (κ1) is 22.7. The van der Waals surface area contributed by atoms with E-state index in [0.717, 1.165) is 25.7 Å². The number of sulfonamides is 1. The lowest BCUT2D eigenvalue weighted by atomic mass is 9.94. The number of aromatic nitrogens is 1. The van der Waals surface area contributed by atoms with Crippen molar-refractivity contribution in [2.24, 2.45) is 5.92 Å². The molecule has 1 amide bonds. The highest BCUT2D eigenvalue weighted by molar-refractivity contribution is 7.89. The number of likely N-dealkylation sites (N-methyl/N-ethyl adjacent to an activating group) is 1. The Kier molecular flexibility index (Phi) is 7.82. The molecule has 0 aromatic carbocycles. The number of pyridine rings is 1. The van der Waals surface area contributed by atoms with Gasteiger partial charge in [-0.25, -0.2) is 8.42 Å². The average Bonchev–Trinajstić information content (AvgIpc) is 2.79. The topological polar surface area (TPSA) is 96.9 Å². The van der Waals surface area contributed by atoms with Crippen molar-refractivity contribution in [2.75, 3.05) is 26.2 Å². The number of esters is 1. The molecule has 0 spiro atoms. The zero-order valence-electron chi connectivity index (χ0n) is 17.5. The summed E-state index contributed by atoms with van der Waals surface area (Å²) in [5.74, 6) is -0.946. The Bertz CT molecular complexity index is 816. The molecule has 0 atom stereocenters. The standard InChI is InChI=1S/C21H31N3O5S/c1-2-24(18-7-4-3-5-8-18)20(25)16-29-21(26)17-10-13-23(14-11-17)30(27,28)19-9-6-12-22-15-19/h6,9,12,15,17-18H,2-5,7-8,10-11,13-14,16H2,1H3. The van der Waals surface area contributed by atoms with Crippen LogP contribution in [-0.4, -0.2) is 66.8 Å². The number of ether oxygens (including phenoxy) is 1. The Hall–Kier alpha value is -2.00. The van der Waals surface area contributed by atoms with Crippen LogP contribution < -0.4 is 0 Å². The van der Waals surface area contributed by atoms with Crippen molar-refractivity contribution in [1.29, 1.82) is 0 Å². The number of nitrogens with zero attached hydrogens (tertiary/aromatic N) is 3. The van der Waals surface area contributed by atoms with Gasteiger partial charge in [-0.1, -0.05) is 19.3 Å². The number of carbonyl (C=O) groups excluding carboxylic acids is 2. The molecule has 1 aliphatic carbocycles. The van der Waals surface area contributed by atoms with Gasteiger partial charge in [-0.15, -0.1) is 0 Å². The lowest BCUT2D eigenvalue weighted by Gasteiger charge is -2.33. The third-order valence-corrected chi connectivity index (χ3v) is 7.96. The highest BCUT2D eigenvalue weighted by Crippen LogP contribution is 2.25. The van der Waals surface area contributed by atoms with Gasteiger partial charge in [0.2, 0.25) is 10.0 Å². The average molecular weight is 438 g/mol. The van der Waals surface area contributed by atoms with E-state index < -0.39 is 16.0 Å². The molecule has 30 heavy (non-hydrogen) atoms.